The molecule has 0 bridgehead atoms. The van der Waals surface area contributed by atoms with Crippen molar-refractivity contribution < 1.29 is 4.79 Å². The Labute approximate surface area is 174 Å². The van der Waals surface area contributed by atoms with Crippen LogP contribution < -0.4 is 16.3 Å². The first-order valence-corrected chi connectivity index (χ1v) is 10.5. The van der Waals surface area contributed by atoms with E-state index in [0.717, 1.165) is 11.3 Å². The van der Waals surface area contributed by atoms with Gasteiger partial charge in [-0.3, -0.25) is 4.79 Å². The quantitative estimate of drug-likeness (QED) is 0.348. The summed E-state index contributed by atoms with van der Waals surface area (Å²) in [6.07, 6.45) is 0. The van der Waals surface area contributed by atoms with E-state index < -0.39 is 0 Å². The summed E-state index contributed by atoms with van der Waals surface area (Å²) in [7, 11) is 0. The average molecular weight is 427 g/mol. The molecule has 4 aromatic rings. The topological polar surface area (TPSA) is 116 Å². The Bertz CT molecular complexity index is 1230. The lowest BCUT2D eigenvalue weighted by Crippen LogP contribution is -2.22. The molecule has 0 radical (unpaired) electrons. The minimum absolute atomic E-state index is 0.157. The van der Waals surface area contributed by atoms with Crippen LogP contribution in [0.15, 0.2) is 51.6 Å². The van der Waals surface area contributed by atoms with Gasteiger partial charge in [0.05, 0.1) is 16.3 Å². The zero-order chi connectivity index (χ0) is 20.4. The van der Waals surface area contributed by atoms with Crippen LogP contribution in [0.2, 0.25) is 0 Å². The Morgan fingerprint density at radius 1 is 1.10 bits per heavy atom. The molecule has 4 rings (SSSR count). The van der Waals surface area contributed by atoms with Crippen molar-refractivity contribution in [3.05, 3.63) is 58.5 Å². The summed E-state index contributed by atoms with van der Waals surface area (Å²) in [5, 5.41) is 14.7. The normalized spacial score (nSPS) is 12.1. The lowest BCUT2D eigenvalue weighted by atomic mass is 10.2. The van der Waals surface area contributed by atoms with Crippen molar-refractivity contribution >= 4 is 56.5 Å². The molecular formula is C19H18N6O2S2. The van der Waals surface area contributed by atoms with Crippen LogP contribution in [0, 0.1) is 6.92 Å². The second kappa shape index (κ2) is 8.10. The minimum Gasteiger partial charge on any atom is -0.330 e. The van der Waals surface area contributed by atoms with Gasteiger partial charge in [0.15, 0.2) is 4.34 Å². The maximum Gasteiger partial charge on any atom is 0.323 e. The molecule has 0 aliphatic rings. The fraction of sp³-hybridized carbons (Fsp3) is 0.158. The number of nitrogens with zero attached hydrogens (tertiary/aromatic N) is 2. The van der Waals surface area contributed by atoms with Gasteiger partial charge in [-0.2, -0.15) is 0 Å². The summed E-state index contributed by atoms with van der Waals surface area (Å²) in [5.41, 5.74) is 3.77. The number of aromatic nitrogens is 4. The molecule has 10 heteroatoms. The number of H-pyrrole nitrogens is 2. The molecule has 29 heavy (non-hydrogen) atoms. The van der Waals surface area contributed by atoms with E-state index in [9.17, 15) is 9.59 Å². The van der Waals surface area contributed by atoms with Crippen LogP contribution in [0.3, 0.4) is 0 Å². The SMILES string of the molecule is Cc1cccc(Nc2nnc(SC(C)C(=O)Nc3ccc4[nH]c(=O)[nH]c4c3)s2)c1. The first-order valence-electron chi connectivity index (χ1n) is 8.83. The highest BCUT2D eigenvalue weighted by atomic mass is 32.2. The Balaban J connectivity index is 1.38. The number of benzene rings is 2. The molecule has 0 aliphatic heterocycles. The van der Waals surface area contributed by atoms with E-state index in [1.165, 1.54) is 23.1 Å². The van der Waals surface area contributed by atoms with E-state index >= 15 is 0 Å². The molecule has 0 spiro atoms. The van der Waals surface area contributed by atoms with Gasteiger partial charge in [-0.1, -0.05) is 35.2 Å². The monoisotopic (exact) mass is 426 g/mol. The van der Waals surface area contributed by atoms with Crippen LogP contribution >= 0.6 is 23.1 Å². The number of amides is 1. The predicted molar refractivity (Wildman–Crippen MR) is 117 cm³/mol. The summed E-state index contributed by atoms with van der Waals surface area (Å²) in [5.74, 6) is -0.157. The van der Waals surface area contributed by atoms with Gasteiger partial charge in [0.2, 0.25) is 11.0 Å². The third-order valence-electron chi connectivity index (χ3n) is 4.11. The number of fused-ring (bicyclic) bond motifs is 1. The fourth-order valence-corrected chi connectivity index (χ4v) is 4.63. The Morgan fingerprint density at radius 2 is 1.93 bits per heavy atom. The number of aromatic amines is 2. The third kappa shape index (κ3) is 4.66. The molecular weight excluding hydrogens is 408 g/mol. The maximum absolute atomic E-state index is 12.5. The van der Waals surface area contributed by atoms with E-state index in [0.29, 0.717) is 26.2 Å². The van der Waals surface area contributed by atoms with Gasteiger partial charge in [-0.05, 0) is 49.7 Å². The van der Waals surface area contributed by atoms with E-state index in [1.54, 1.807) is 18.2 Å². The second-order valence-corrected chi connectivity index (χ2v) is 9.02. The van der Waals surface area contributed by atoms with Gasteiger partial charge in [-0.15, -0.1) is 10.2 Å². The predicted octanol–water partition coefficient (Wildman–Crippen LogP) is 3.88. The Morgan fingerprint density at radius 3 is 2.76 bits per heavy atom. The van der Waals surface area contributed by atoms with Gasteiger partial charge in [0.1, 0.15) is 0 Å². The number of nitrogens with one attached hydrogen (secondary N) is 4. The molecule has 2 aromatic heterocycles. The Hall–Kier alpha value is -3.11. The molecule has 0 saturated heterocycles. The van der Waals surface area contributed by atoms with Crippen LogP contribution in [0.5, 0.6) is 0 Å². The standard InChI is InChI=1S/C19H18N6O2S2/c1-10-4-3-5-12(8-10)21-18-24-25-19(29-18)28-11(2)16(26)20-13-6-7-14-15(9-13)23-17(27)22-14/h3-9,11H,1-2H3,(H,20,26)(H,21,24)(H2,22,23,27). The largest absolute Gasteiger partial charge is 0.330 e. The molecule has 1 atom stereocenters. The lowest BCUT2D eigenvalue weighted by Gasteiger charge is -2.10. The van der Waals surface area contributed by atoms with Gasteiger partial charge in [0.25, 0.3) is 0 Å². The van der Waals surface area contributed by atoms with Crippen LogP contribution in [-0.2, 0) is 4.79 Å². The summed E-state index contributed by atoms with van der Waals surface area (Å²) >= 11 is 2.74. The summed E-state index contributed by atoms with van der Waals surface area (Å²) in [6.45, 7) is 3.84. The van der Waals surface area contributed by atoms with Crippen LogP contribution in [0.25, 0.3) is 11.0 Å². The number of thioether (sulfide) groups is 1. The average Bonchev–Trinajstić information content (AvgIpc) is 3.26. The zero-order valence-electron chi connectivity index (χ0n) is 15.6. The molecule has 0 saturated carbocycles. The number of anilines is 3. The summed E-state index contributed by atoms with van der Waals surface area (Å²) in [4.78, 5) is 29.2. The van der Waals surface area contributed by atoms with Crippen molar-refractivity contribution in [2.24, 2.45) is 0 Å². The van der Waals surface area contributed by atoms with E-state index in [-0.39, 0.29) is 16.8 Å². The summed E-state index contributed by atoms with van der Waals surface area (Å²) in [6, 6.07) is 13.2. The number of carbonyl (C=O) groups is 1. The second-order valence-electron chi connectivity index (χ2n) is 6.46. The zero-order valence-corrected chi connectivity index (χ0v) is 17.3. The number of aryl methyl sites for hydroxylation is 1. The number of rotatable bonds is 6. The number of imidazole rings is 1. The fourth-order valence-electron chi connectivity index (χ4n) is 2.71. The van der Waals surface area contributed by atoms with Crippen LogP contribution in [0.1, 0.15) is 12.5 Å². The maximum atomic E-state index is 12.5. The van der Waals surface area contributed by atoms with E-state index in [4.69, 9.17) is 0 Å². The van der Waals surface area contributed by atoms with Crippen molar-refractivity contribution in [3.8, 4) is 0 Å². The number of carbonyl (C=O) groups excluding carboxylic acids is 1. The summed E-state index contributed by atoms with van der Waals surface area (Å²) < 4.78 is 0.702. The highest BCUT2D eigenvalue weighted by Crippen LogP contribution is 2.31. The van der Waals surface area contributed by atoms with Crippen molar-refractivity contribution in [1.29, 1.82) is 0 Å². The molecule has 8 nitrogen and oxygen atoms in total. The molecule has 2 heterocycles. The lowest BCUT2D eigenvalue weighted by molar-refractivity contribution is -0.115. The van der Waals surface area contributed by atoms with Gasteiger partial charge >= 0.3 is 5.69 Å². The van der Waals surface area contributed by atoms with Crippen LogP contribution in [0.4, 0.5) is 16.5 Å². The molecule has 0 fully saturated rings. The molecule has 2 aromatic carbocycles. The highest BCUT2D eigenvalue weighted by molar-refractivity contribution is 8.02. The third-order valence-corrected chi connectivity index (χ3v) is 6.13. The molecule has 4 N–H and O–H groups in total. The molecule has 1 amide bonds. The van der Waals surface area contributed by atoms with Gasteiger partial charge < -0.3 is 20.6 Å². The van der Waals surface area contributed by atoms with E-state index in [2.05, 4.69) is 30.8 Å². The number of hydrogen-bond donors (Lipinski definition) is 4. The molecule has 1 unspecified atom stereocenters. The van der Waals surface area contributed by atoms with Crippen molar-refractivity contribution in [1.82, 2.24) is 20.2 Å². The molecule has 0 aliphatic carbocycles. The first-order chi connectivity index (χ1) is 14.0. The number of hydrogen-bond acceptors (Lipinski definition) is 7. The van der Waals surface area contributed by atoms with Crippen molar-refractivity contribution in [3.63, 3.8) is 0 Å². The van der Waals surface area contributed by atoms with Crippen LogP contribution in [-0.4, -0.2) is 31.3 Å². The smallest absolute Gasteiger partial charge is 0.323 e. The van der Waals surface area contributed by atoms with E-state index in [1.807, 2.05) is 38.1 Å². The van der Waals surface area contributed by atoms with Crippen molar-refractivity contribution in [2.75, 3.05) is 10.6 Å². The van der Waals surface area contributed by atoms with Gasteiger partial charge in [-0.25, -0.2) is 4.79 Å². The minimum atomic E-state index is -0.365. The highest BCUT2D eigenvalue weighted by Gasteiger charge is 2.18. The van der Waals surface area contributed by atoms with Crippen molar-refractivity contribution in [2.45, 2.75) is 23.4 Å². The Kier molecular flexibility index (Phi) is 5.36. The van der Waals surface area contributed by atoms with Gasteiger partial charge in [0, 0.05) is 11.4 Å². The first kappa shape index (κ1) is 19.2. The molecule has 148 valence electrons.